The minimum Gasteiger partial charge on any atom is -0.353 e. The van der Waals surface area contributed by atoms with Crippen LogP contribution in [-0.2, 0) is 19.6 Å². The van der Waals surface area contributed by atoms with E-state index in [9.17, 15) is 18.0 Å². The Bertz CT molecular complexity index is 793. The summed E-state index contributed by atoms with van der Waals surface area (Å²) in [6.45, 7) is 2.19. The van der Waals surface area contributed by atoms with Crippen LogP contribution in [0.2, 0.25) is 0 Å². The molecular weight excluding hydrogens is 378 g/mol. The standard InChI is InChI=1S/C20H29N3O4S/c1-15(24)21-17-7-9-19(10-8-17)28(26,27)23-13-11-18(12-14-23)22-20(25)16-5-3-2-4-6-16/h7-10,16,18H,2-6,11-14H2,1H3,(H,21,24)(H,22,25). The minimum absolute atomic E-state index is 0.0445. The molecule has 3 rings (SSSR count). The SMILES string of the molecule is CC(=O)Nc1ccc(S(=O)(=O)N2CCC(NC(=O)C3CCCCC3)CC2)cc1. The van der Waals surface area contributed by atoms with E-state index in [4.69, 9.17) is 0 Å². The number of hydrogen-bond donors (Lipinski definition) is 2. The normalized spacial score (nSPS) is 19.9. The Hall–Kier alpha value is -1.93. The number of rotatable bonds is 5. The van der Waals surface area contributed by atoms with E-state index in [1.807, 2.05) is 0 Å². The lowest BCUT2D eigenvalue weighted by Gasteiger charge is -2.33. The number of piperidine rings is 1. The number of carbonyl (C=O) groups is 2. The second-order valence-corrected chi connectivity index (χ2v) is 9.67. The number of amides is 2. The summed E-state index contributed by atoms with van der Waals surface area (Å²) in [5.74, 6) is 0.0557. The van der Waals surface area contributed by atoms with E-state index >= 15 is 0 Å². The molecule has 1 heterocycles. The molecule has 0 atom stereocenters. The highest BCUT2D eigenvalue weighted by atomic mass is 32.2. The fraction of sp³-hybridized carbons (Fsp3) is 0.600. The van der Waals surface area contributed by atoms with E-state index in [-0.39, 0.29) is 28.7 Å². The summed E-state index contributed by atoms with van der Waals surface area (Å²) in [4.78, 5) is 23.7. The van der Waals surface area contributed by atoms with E-state index in [1.54, 1.807) is 12.1 Å². The van der Waals surface area contributed by atoms with Crippen molar-refractivity contribution in [2.24, 2.45) is 5.92 Å². The van der Waals surface area contributed by atoms with Crippen LogP contribution in [0.4, 0.5) is 5.69 Å². The van der Waals surface area contributed by atoms with Crippen molar-refractivity contribution in [2.75, 3.05) is 18.4 Å². The van der Waals surface area contributed by atoms with Gasteiger partial charge in [0.25, 0.3) is 0 Å². The topological polar surface area (TPSA) is 95.6 Å². The molecule has 0 bridgehead atoms. The Morgan fingerprint density at radius 1 is 0.964 bits per heavy atom. The van der Waals surface area contributed by atoms with Crippen molar-refractivity contribution in [3.63, 3.8) is 0 Å². The van der Waals surface area contributed by atoms with E-state index in [0.29, 0.717) is 31.6 Å². The number of sulfonamides is 1. The van der Waals surface area contributed by atoms with Gasteiger partial charge in [0.2, 0.25) is 21.8 Å². The maximum Gasteiger partial charge on any atom is 0.243 e. The third-order valence-electron chi connectivity index (χ3n) is 5.59. The lowest BCUT2D eigenvalue weighted by Crippen LogP contribution is -2.48. The molecule has 2 N–H and O–H groups in total. The number of nitrogens with zero attached hydrogens (tertiary/aromatic N) is 1. The van der Waals surface area contributed by atoms with Gasteiger partial charge in [-0.25, -0.2) is 8.42 Å². The monoisotopic (exact) mass is 407 g/mol. The van der Waals surface area contributed by atoms with E-state index in [2.05, 4.69) is 10.6 Å². The first-order valence-corrected chi connectivity index (χ1v) is 11.5. The summed E-state index contributed by atoms with van der Waals surface area (Å²) in [5.41, 5.74) is 0.565. The molecule has 154 valence electrons. The molecule has 28 heavy (non-hydrogen) atoms. The molecule has 2 aliphatic rings. The van der Waals surface area contributed by atoms with Crippen molar-refractivity contribution in [1.29, 1.82) is 0 Å². The van der Waals surface area contributed by atoms with Crippen molar-refractivity contribution in [2.45, 2.75) is 62.8 Å². The Balaban J connectivity index is 1.54. The molecule has 1 aliphatic carbocycles. The van der Waals surface area contributed by atoms with Crippen LogP contribution >= 0.6 is 0 Å². The summed E-state index contributed by atoms with van der Waals surface area (Å²) in [6, 6.07) is 6.24. The molecule has 1 aromatic rings. The Morgan fingerprint density at radius 2 is 1.57 bits per heavy atom. The minimum atomic E-state index is -3.57. The van der Waals surface area contributed by atoms with Gasteiger partial charge in [-0.15, -0.1) is 0 Å². The molecule has 2 amide bonds. The summed E-state index contributed by atoms with van der Waals surface area (Å²) in [5, 5.41) is 5.75. The smallest absolute Gasteiger partial charge is 0.243 e. The zero-order chi connectivity index (χ0) is 20.1. The van der Waals surface area contributed by atoms with Crippen molar-refractivity contribution in [3.8, 4) is 0 Å². The van der Waals surface area contributed by atoms with Crippen LogP contribution in [0.3, 0.4) is 0 Å². The average molecular weight is 408 g/mol. The second-order valence-electron chi connectivity index (χ2n) is 7.73. The Kier molecular flexibility index (Phi) is 6.72. The lowest BCUT2D eigenvalue weighted by molar-refractivity contribution is -0.126. The van der Waals surface area contributed by atoms with Crippen LogP contribution in [0.25, 0.3) is 0 Å². The van der Waals surface area contributed by atoms with Crippen molar-refractivity contribution < 1.29 is 18.0 Å². The van der Waals surface area contributed by atoms with Crippen LogP contribution in [0.5, 0.6) is 0 Å². The van der Waals surface area contributed by atoms with Gasteiger partial charge in [-0.3, -0.25) is 9.59 Å². The lowest BCUT2D eigenvalue weighted by atomic mass is 9.88. The van der Waals surface area contributed by atoms with Crippen LogP contribution < -0.4 is 10.6 Å². The highest BCUT2D eigenvalue weighted by Crippen LogP contribution is 2.25. The summed E-state index contributed by atoms with van der Waals surface area (Å²) in [6.07, 6.45) is 6.64. The fourth-order valence-corrected chi connectivity index (χ4v) is 5.46. The largest absolute Gasteiger partial charge is 0.353 e. The number of nitrogens with one attached hydrogen (secondary N) is 2. The van der Waals surface area contributed by atoms with Crippen LogP contribution in [0.15, 0.2) is 29.2 Å². The third kappa shape index (κ3) is 5.11. The maximum atomic E-state index is 12.8. The fourth-order valence-electron chi connectivity index (χ4n) is 3.99. The van der Waals surface area contributed by atoms with Gasteiger partial charge in [-0.1, -0.05) is 19.3 Å². The molecular formula is C20H29N3O4S. The van der Waals surface area contributed by atoms with Gasteiger partial charge in [0.1, 0.15) is 0 Å². The van der Waals surface area contributed by atoms with Crippen LogP contribution in [0.1, 0.15) is 51.9 Å². The van der Waals surface area contributed by atoms with Gasteiger partial charge in [0.05, 0.1) is 4.90 Å². The summed E-state index contributed by atoms with van der Waals surface area (Å²) < 4.78 is 27.2. The summed E-state index contributed by atoms with van der Waals surface area (Å²) in [7, 11) is -3.57. The van der Waals surface area contributed by atoms with Crippen molar-refractivity contribution in [1.82, 2.24) is 9.62 Å². The molecule has 8 heteroatoms. The van der Waals surface area contributed by atoms with E-state index in [1.165, 1.54) is 29.8 Å². The van der Waals surface area contributed by atoms with E-state index < -0.39 is 10.0 Å². The molecule has 0 unspecified atom stereocenters. The van der Waals surface area contributed by atoms with Gasteiger partial charge in [-0.2, -0.15) is 4.31 Å². The third-order valence-corrected chi connectivity index (χ3v) is 7.50. The van der Waals surface area contributed by atoms with Crippen molar-refractivity contribution in [3.05, 3.63) is 24.3 Å². The molecule has 2 fully saturated rings. The first-order valence-electron chi connectivity index (χ1n) is 10.0. The van der Waals surface area contributed by atoms with Crippen molar-refractivity contribution >= 4 is 27.5 Å². The van der Waals surface area contributed by atoms with Crippen LogP contribution in [-0.4, -0.2) is 43.7 Å². The first-order chi connectivity index (χ1) is 13.4. The zero-order valence-electron chi connectivity index (χ0n) is 16.3. The molecule has 0 aromatic heterocycles. The predicted molar refractivity (Wildman–Crippen MR) is 107 cm³/mol. The number of carbonyl (C=O) groups excluding carboxylic acids is 2. The molecule has 1 saturated carbocycles. The Morgan fingerprint density at radius 3 is 2.14 bits per heavy atom. The predicted octanol–water partition coefficient (Wildman–Crippen LogP) is 2.49. The number of anilines is 1. The zero-order valence-corrected chi connectivity index (χ0v) is 17.1. The molecule has 1 aliphatic heterocycles. The van der Waals surface area contributed by atoms with Gasteiger partial charge in [0, 0.05) is 37.7 Å². The average Bonchev–Trinajstić information content (AvgIpc) is 2.69. The van der Waals surface area contributed by atoms with Gasteiger partial charge in [0.15, 0.2) is 0 Å². The quantitative estimate of drug-likeness (QED) is 0.784. The highest BCUT2D eigenvalue weighted by Gasteiger charge is 2.31. The first kappa shape index (κ1) is 20.8. The molecule has 1 aromatic carbocycles. The van der Waals surface area contributed by atoms with E-state index in [0.717, 1.165) is 25.7 Å². The van der Waals surface area contributed by atoms with Gasteiger partial charge >= 0.3 is 0 Å². The number of hydrogen-bond acceptors (Lipinski definition) is 4. The maximum absolute atomic E-state index is 12.8. The van der Waals surface area contributed by atoms with Crippen LogP contribution in [0, 0.1) is 5.92 Å². The summed E-state index contributed by atoms with van der Waals surface area (Å²) >= 11 is 0. The van der Waals surface area contributed by atoms with Gasteiger partial charge < -0.3 is 10.6 Å². The molecule has 0 spiro atoms. The Labute approximate surface area is 166 Å². The highest BCUT2D eigenvalue weighted by molar-refractivity contribution is 7.89. The molecule has 1 saturated heterocycles. The van der Waals surface area contributed by atoms with Gasteiger partial charge in [-0.05, 0) is 49.9 Å². The molecule has 0 radical (unpaired) electrons. The second kappa shape index (κ2) is 9.05. The number of benzene rings is 1. The molecule has 7 nitrogen and oxygen atoms in total.